The Morgan fingerprint density at radius 2 is 2.00 bits per heavy atom. The summed E-state index contributed by atoms with van der Waals surface area (Å²) in [4.78, 5) is 13.4. The lowest BCUT2D eigenvalue weighted by atomic mass is 10.1. The molecule has 2 saturated heterocycles. The van der Waals surface area contributed by atoms with Gasteiger partial charge in [-0.25, -0.2) is 9.97 Å². The molecule has 2 atom stereocenters. The summed E-state index contributed by atoms with van der Waals surface area (Å²) in [6.07, 6.45) is 4.85. The fourth-order valence-corrected chi connectivity index (χ4v) is 3.45. The Balaban J connectivity index is 1.68. The smallest absolute Gasteiger partial charge is 0.218 e. The fourth-order valence-electron chi connectivity index (χ4n) is 3.45. The van der Waals surface area contributed by atoms with E-state index in [9.17, 15) is 0 Å². The molecule has 6 heteroatoms. The van der Waals surface area contributed by atoms with Crippen molar-refractivity contribution in [2.24, 2.45) is 0 Å². The highest BCUT2D eigenvalue weighted by Crippen LogP contribution is 2.28. The number of aromatic nitrogens is 2. The Kier molecular flexibility index (Phi) is 4.78. The number of hydrogen-bond acceptors (Lipinski definition) is 6. The van der Waals surface area contributed by atoms with Gasteiger partial charge in [-0.1, -0.05) is 0 Å². The fraction of sp³-hybridized carbons (Fsp3) is 0.750. The first-order valence-electron chi connectivity index (χ1n) is 8.14. The Morgan fingerprint density at radius 3 is 2.68 bits per heavy atom. The molecule has 122 valence electrons. The molecule has 0 spiro atoms. The summed E-state index contributed by atoms with van der Waals surface area (Å²) in [7, 11) is 4.29. The zero-order valence-corrected chi connectivity index (χ0v) is 13.7. The van der Waals surface area contributed by atoms with E-state index in [1.54, 1.807) is 6.33 Å². The predicted octanol–water partition coefficient (Wildman–Crippen LogP) is 1.56. The average Bonchev–Trinajstić information content (AvgIpc) is 2.90. The van der Waals surface area contributed by atoms with E-state index < -0.39 is 0 Å². The van der Waals surface area contributed by atoms with Crippen molar-refractivity contribution in [3.05, 3.63) is 12.4 Å². The predicted molar refractivity (Wildman–Crippen MR) is 85.4 cm³/mol. The first-order chi connectivity index (χ1) is 10.6. The zero-order chi connectivity index (χ0) is 15.5. The minimum absolute atomic E-state index is 0.210. The number of nitrogens with zero attached hydrogens (tertiary/aromatic N) is 4. The highest BCUT2D eigenvalue weighted by Gasteiger charge is 2.33. The quantitative estimate of drug-likeness (QED) is 0.841. The van der Waals surface area contributed by atoms with Gasteiger partial charge in [0, 0.05) is 37.5 Å². The van der Waals surface area contributed by atoms with Crippen molar-refractivity contribution in [3.63, 3.8) is 0 Å². The van der Waals surface area contributed by atoms with E-state index in [1.807, 2.05) is 6.07 Å². The largest absolute Gasteiger partial charge is 0.474 e. The molecule has 2 unspecified atom stereocenters. The topological polar surface area (TPSA) is 50.7 Å². The van der Waals surface area contributed by atoms with Crippen LogP contribution in [0.1, 0.15) is 26.2 Å². The van der Waals surface area contributed by atoms with Crippen LogP contribution in [0.3, 0.4) is 0 Å². The number of anilines is 1. The summed E-state index contributed by atoms with van der Waals surface area (Å²) in [5.41, 5.74) is 0. The Labute approximate surface area is 132 Å². The number of ether oxygens (including phenoxy) is 2. The van der Waals surface area contributed by atoms with Gasteiger partial charge in [0.1, 0.15) is 18.2 Å². The van der Waals surface area contributed by atoms with Gasteiger partial charge in [0.2, 0.25) is 5.88 Å². The molecule has 6 nitrogen and oxygen atoms in total. The molecule has 0 aliphatic carbocycles. The summed E-state index contributed by atoms with van der Waals surface area (Å²) in [5.74, 6) is 1.64. The maximum atomic E-state index is 6.00. The highest BCUT2D eigenvalue weighted by atomic mass is 16.5. The molecule has 22 heavy (non-hydrogen) atoms. The van der Waals surface area contributed by atoms with Crippen LogP contribution in [0.25, 0.3) is 0 Å². The van der Waals surface area contributed by atoms with Crippen molar-refractivity contribution >= 4 is 5.82 Å². The monoisotopic (exact) mass is 306 g/mol. The van der Waals surface area contributed by atoms with Gasteiger partial charge in [-0.3, -0.25) is 0 Å². The number of rotatable bonds is 4. The van der Waals surface area contributed by atoms with Crippen molar-refractivity contribution in [2.45, 2.75) is 44.4 Å². The van der Waals surface area contributed by atoms with Crippen LogP contribution in [0.4, 0.5) is 5.82 Å². The average molecular weight is 306 g/mol. The van der Waals surface area contributed by atoms with Gasteiger partial charge in [-0.2, -0.15) is 0 Å². The molecule has 2 aliphatic heterocycles. The van der Waals surface area contributed by atoms with Crippen molar-refractivity contribution in [2.75, 3.05) is 38.8 Å². The lowest BCUT2D eigenvalue weighted by molar-refractivity contribution is 0.0237. The van der Waals surface area contributed by atoms with Gasteiger partial charge >= 0.3 is 0 Å². The van der Waals surface area contributed by atoms with Crippen molar-refractivity contribution in [3.8, 4) is 5.88 Å². The minimum atomic E-state index is 0.210. The van der Waals surface area contributed by atoms with E-state index in [4.69, 9.17) is 9.47 Å². The Hall–Kier alpha value is -1.40. The number of hydrogen-bond donors (Lipinski definition) is 0. The zero-order valence-electron chi connectivity index (χ0n) is 13.7. The normalized spacial score (nSPS) is 26.6. The molecule has 1 aromatic rings. The second-order valence-corrected chi connectivity index (χ2v) is 6.40. The van der Waals surface area contributed by atoms with Gasteiger partial charge in [0.25, 0.3) is 0 Å². The van der Waals surface area contributed by atoms with E-state index in [0.29, 0.717) is 18.0 Å². The molecule has 0 amide bonds. The van der Waals surface area contributed by atoms with Crippen molar-refractivity contribution in [1.82, 2.24) is 14.9 Å². The molecule has 2 aliphatic rings. The minimum Gasteiger partial charge on any atom is -0.474 e. The SMILES string of the molecule is CC1C(N(C)C)CCN1c1cc(OC2CCOCC2)ncn1. The molecule has 0 aromatic carbocycles. The van der Waals surface area contributed by atoms with Crippen molar-refractivity contribution in [1.29, 1.82) is 0 Å². The van der Waals surface area contributed by atoms with E-state index in [1.165, 1.54) is 0 Å². The summed E-state index contributed by atoms with van der Waals surface area (Å²) in [6, 6.07) is 2.99. The van der Waals surface area contributed by atoms with E-state index in [2.05, 4.69) is 40.8 Å². The van der Waals surface area contributed by atoms with Crippen LogP contribution in [-0.4, -0.2) is 66.9 Å². The van der Waals surface area contributed by atoms with Gasteiger partial charge in [-0.05, 0) is 27.4 Å². The molecule has 3 rings (SSSR count). The van der Waals surface area contributed by atoms with E-state index >= 15 is 0 Å². The first kappa shape index (κ1) is 15.5. The van der Waals surface area contributed by atoms with Crippen LogP contribution in [-0.2, 0) is 4.74 Å². The second-order valence-electron chi connectivity index (χ2n) is 6.40. The number of likely N-dealkylation sites (N-methyl/N-ethyl adjacent to an activating group) is 1. The first-order valence-corrected chi connectivity index (χ1v) is 8.14. The molecular weight excluding hydrogens is 280 g/mol. The molecule has 0 saturated carbocycles. The highest BCUT2D eigenvalue weighted by molar-refractivity contribution is 5.43. The van der Waals surface area contributed by atoms with Crippen LogP contribution in [0.5, 0.6) is 5.88 Å². The van der Waals surface area contributed by atoms with Crippen LogP contribution < -0.4 is 9.64 Å². The van der Waals surface area contributed by atoms with Crippen LogP contribution >= 0.6 is 0 Å². The molecule has 2 fully saturated rings. The van der Waals surface area contributed by atoms with Crippen LogP contribution in [0, 0.1) is 0 Å². The van der Waals surface area contributed by atoms with Gasteiger partial charge in [-0.15, -0.1) is 0 Å². The Bertz CT molecular complexity index is 491. The second kappa shape index (κ2) is 6.79. The maximum Gasteiger partial charge on any atom is 0.218 e. The standard InChI is InChI=1S/C16H26N4O2/c1-12-14(19(2)3)4-7-20(12)15-10-16(18-11-17-15)22-13-5-8-21-9-6-13/h10-14H,4-9H2,1-3H3. The van der Waals surface area contributed by atoms with Crippen LogP contribution in [0.2, 0.25) is 0 Å². The third kappa shape index (κ3) is 3.33. The lowest BCUT2D eigenvalue weighted by Gasteiger charge is -2.29. The lowest BCUT2D eigenvalue weighted by Crippen LogP contribution is -2.40. The maximum absolute atomic E-state index is 6.00. The van der Waals surface area contributed by atoms with E-state index in [-0.39, 0.29) is 6.10 Å². The third-order valence-electron chi connectivity index (χ3n) is 4.76. The van der Waals surface area contributed by atoms with Crippen molar-refractivity contribution < 1.29 is 9.47 Å². The van der Waals surface area contributed by atoms with Crippen LogP contribution in [0.15, 0.2) is 12.4 Å². The molecular formula is C16H26N4O2. The summed E-state index contributed by atoms with van der Waals surface area (Å²) >= 11 is 0. The third-order valence-corrected chi connectivity index (χ3v) is 4.76. The van der Waals surface area contributed by atoms with Gasteiger partial charge in [0.05, 0.1) is 13.2 Å². The van der Waals surface area contributed by atoms with E-state index in [0.717, 1.165) is 44.8 Å². The van der Waals surface area contributed by atoms with Gasteiger partial charge < -0.3 is 19.3 Å². The van der Waals surface area contributed by atoms with Gasteiger partial charge in [0.15, 0.2) is 0 Å². The summed E-state index contributed by atoms with van der Waals surface area (Å²) < 4.78 is 11.4. The molecule has 3 heterocycles. The summed E-state index contributed by atoms with van der Waals surface area (Å²) in [6.45, 7) is 4.84. The Morgan fingerprint density at radius 1 is 1.23 bits per heavy atom. The molecule has 0 bridgehead atoms. The molecule has 0 radical (unpaired) electrons. The molecule has 0 N–H and O–H groups in total. The molecule has 1 aromatic heterocycles. The summed E-state index contributed by atoms with van der Waals surface area (Å²) in [5, 5.41) is 0.